The molecule has 0 saturated heterocycles. The molecule has 1 N–H and O–H groups in total. The minimum Gasteiger partial charge on any atom is -0.491 e. The van der Waals surface area contributed by atoms with Crippen LogP contribution in [0.15, 0.2) is 18.2 Å². The van der Waals surface area contributed by atoms with E-state index in [1.165, 1.54) is 17.5 Å². The molecule has 100 valence electrons. The van der Waals surface area contributed by atoms with Crippen LogP contribution < -0.4 is 10.1 Å². The molecule has 0 bridgehead atoms. The van der Waals surface area contributed by atoms with Gasteiger partial charge in [-0.3, -0.25) is 0 Å². The van der Waals surface area contributed by atoms with E-state index in [0.717, 1.165) is 25.2 Å². The van der Waals surface area contributed by atoms with Gasteiger partial charge in [0.15, 0.2) is 0 Å². The van der Waals surface area contributed by atoms with Crippen molar-refractivity contribution >= 4 is 0 Å². The highest BCUT2D eigenvalue weighted by atomic mass is 16.5. The van der Waals surface area contributed by atoms with Crippen molar-refractivity contribution in [2.45, 2.75) is 38.3 Å². The lowest BCUT2D eigenvalue weighted by Crippen LogP contribution is -2.15. The zero-order valence-electron chi connectivity index (χ0n) is 11.5. The molecule has 3 heteroatoms. The predicted octanol–water partition coefficient (Wildman–Crippen LogP) is 2.70. The van der Waals surface area contributed by atoms with Crippen LogP contribution in [0.5, 0.6) is 5.75 Å². The fraction of sp³-hybridized carbons (Fsp3) is 0.600. The second-order valence-electron chi connectivity index (χ2n) is 4.95. The average Bonchev–Trinajstić information content (AvgIpc) is 2.78. The molecule has 0 heterocycles. The summed E-state index contributed by atoms with van der Waals surface area (Å²) in [6.07, 6.45) is 3.45. The maximum atomic E-state index is 5.91. The molecule has 2 rings (SSSR count). The van der Waals surface area contributed by atoms with Gasteiger partial charge in [-0.25, -0.2) is 0 Å². The van der Waals surface area contributed by atoms with Gasteiger partial charge in [-0.2, -0.15) is 0 Å². The molecule has 2 atom stereocenters. The predicted molar refractivity (Wildman–Crippen MR) is 73.1 cm³/mol. The van der Waals surface area contributed by atoms with E-state index in [4.69, 9.17) is 9.47 Å². The Bertz CT molecular complexity index is 392. The van der Waals surface area contributed by atoms with E-state index in [1.54, 1.807) is 7.11 Å². The highest BCUT2D eigenvalue weighted by Gasteiger charge is 2.21. The van der Waals surface area contributed by atoms with Crippen LogP contribution in [0.25, 0.3) is 0 Å². The minimum absolute atomic E-state index is 0.199. The van der Waals surface area contributed by atoms with Gasteiger partial charge in [-0.15, -0.1) is 0 Å². The molecule has 1 aromatic carbocycles. The van der Waals surface area contributed by atoms with Crippen molar-refractivity contribution in [1.82, 2.24) is 5.32 Å². The van der Waals surface area contributed by atoms with Gasteiger partial charge in [-0.1, -0.05) is 6.07 Å². The number of hydrogen-bond donors (Lipinski definition) is 1. The van der Waals surface area contributed by atoms with E-state index in [-0.39, 0.29) is 6.10 Å². The quantitative estimate of drug-likeness (QED) is 0.841. The first-order valence-electron chi connectivity index (χ1n) is 6.70. The monoisotopic (exact) mass is 249 g/mol. The number of hydrogen-bond acceptors (Lipinski definition) is 3. The van der Waals surface area contributed by atoms with Crippen LogP contribution in [-0.2, 0) is 11.2 Å². The molecule has 0 saturated carbocycles. The highest BCUT2D eigenvalue weighted by Crippen LogP contribution is 2.33. The molecule has 0 radical (unpaired) electrons. The second-order valence-corrected chi connectivity index (χ2v) is 4.95. The van der Waals surface area contributed by atoms with Crippen LogP contribution in [0.4, 0.5) is 0 Å². The third kappa shape index (κ3) is 3.03. The molecule has 1 aliphatic rings. The first-order chi connectivity index (χ1) is 8.74. The molecule has 0 spiro atoms. The summed E-state index contributed by atoms with van der Waals surface area (Å²) in [7, 11) is 3.75. The fourth-order valence-corrected chi connectivity index (χ4v) is 2.54. The van der Waals surface area contributed by atoms with Crippen LogP contribution in [0.1, 0.15) is 36.9 Å². The normalized spacial score (nSPS) is 19.6. The zero-order valence-corrected chi connectivity index (χ0v) is 11.5. The molecule has 0 aliphatic heterocycles. The summed E-state index contributed by atoms with van der Waals surface area (Å²) >= 11 is 0. The van der Waals surface area contributed by atoms with Crippen molar-refractivity contribution in [3.63, 3.8) is 0 Å². The first kappa shape index (κ1) is 13.4. The third-order valence-electron chi connectivity index (χ3n) is 3.61. The smallest absolute Gasteiger partial charge is 0.119 e. The molecule has 0 aromatic heterocycles. The van der Waals surface area contributed by atoms with Crippen molar-refractivity contribution in [2.24, 2.45) is 0 Å². The number of rotatable bonds is 6. The van der Waals surface area contributed by atoms with E-state index < -0.39 is 0 Å². The lowest BCUT2D eigenvalue weighted by Gasteiger charge is -2.16. The van der Waals surface area contributed by atoms with Crippen molar-refractivity contribution < 1.29 is 9.47 Å². The molecular weight excluding hydrogens is 226 g/mol. The van der Waals surface area contributed by atoms with Gasteiger partial charge < -0.3 is 14.8 Å². The molecule has 0 amide bonds. The SMILES string of the molecule is CNC1CCc2cc(OC(C)CCOC)ccc21. The Kier molecular flexibility index (Phi) is 4.61. The fourth-order valence-electron chi connectivity index (χ4n) is 2.54. The Morgan fingerprint density at radius 1 is 1.44 bits per heavy atom. The largest absolute Gasteiger partial charge is 0.491 e. The maximum absolute atomic E-state index is 5.91. The molecule has 1 aliphatic carbocycles. The number of aryl methyl sites for hydroxylation is 1. The van der Waals surface area contributed by atoms with Crippen LogP contribution in [0.3, 0.4) is 0 Å². The maximum Gasteiger partial charge on any atom is 0.119 e. The summed E-state index contributed by atoms with van der Waals surface area (Å²) in [4.78, 5) is 0. The Labute approximate surface area is 109 Å². The van der Waals surface area contributed by atoms with Crippen LogP contribution in [-0.4, -0.2) is 26.9 Å². The van der Waals surface area contributed by atoms with Gasteiger partial charge in [0, 0.05) is 26.2 Å². The van der Waals surface area contributed by atoms with E-state index >= 15 is 0 Å². The third-order valence-corrected chi connectivity index (χ3v) is 3.61. The summed E-state index contributed by atoms with van der Waals surface area (Å²) in [5.41, 5.74) is 2.85. The number of ether oxygens (including phenoxy) is 2. The second kappa shape index (κ2) is 6.21. The first-order valence-corrected chi connectivity index (χ1v) is 6.70. The van der Waals surface area contributed by atoms with E-state index in [2.05, 4.69) is 30.4 Å². The molecule has 18 heavy (non-hydrogen) atoms. The number of nitrogens with one attached hydrogen (secondary N) is 1. The molecule has 3 nitrogen and oxygen atoms in total. The standard InChI is InChI=1S/C15H23NO2/c1-11(8-9-17-3)18-13-5-6-14-12(10-13)4-7-15(14)16-2/h5-6,10-11,15-16H,4,7-9H2,1-3H3. The van der Waals surface area contributed by atoms with Crippen LogP contribution in [0, 0.1) is 0 Å². The number of benzene rings is 1. The average molecular weight is 249 g/mol. The lowest BCUT2D eigenvalue weighted by molar-refractivity contribution is 0.135. The zero-order chi connectivity index (χ0) is 13.0. The Hall–Kier alpha value is -1.06. The Balaban J connectivity index is 1.99. The summed E-state index contributed by atoms with van der Waals surface area (Å²) < 4.78 is 11.0. The van der Waals surface area contributed by atoms with Crippen molar-refractivity contribution in [3.05, 3.63) is 29.3 Å². The van der Waals surface area contributed by atoms with Crippen LogP contribution in [0.2, 0.25) is 0 Å². The van der Waals surface area contributed by atoms with E-state index in [1.807, 2.05) is 7.05 Å². The minimum atomic E-state index is 0.199. The lowest BCUT2D eigenvalue weighted by atomic mass is 10.1. The van der Waals surface area contributed by atoms with Gasteiger partial charge in [0.25, 0.3) is 0 Å². The van der Waals surface area contributed by atoms with Gasteiger partial charge in [0.2, 0.25) is 0 Å². The summed E-state index contributed by atoms with van der Waals surface area (Å²) in [5.74, 6) is 0.981. The van der Waals surface area contributed by atoms with Gasteiger partial charge in [0.05, 0.1) is 6.10 Å². The molecule has 2 unspecified atom stereocenters. The topological polar surface area (TPSA) is 30.5 Å². The summed E-state index contributed by atoms with van der Waals surface area (Å²) in [6, 6.07) is 6.98. The highest BCUT2D eigenvalue weighted by molar-refractivity contribution is 5.40. The number of methoxy groups -OCH3 is 1. The number of fused-ring (bicyclic) bond motifs is 1. The summed E-state index contributed by atoms with van der Waals surface area (Å²) in [6.45, 7) is 2.83. The Morgan fingerprint density at radius 3 is 3.00 bits per heavy atom. The van der Waals surface area contributed by atoms with Crippen molar-refractivity contribution in [2.75, 3.05) is 20.8 Å². The van der Waals surface area contributed by atoms with Gasteiger partial charge in [0.1, 0.15) is 5.75 Å². The van der Waals surface area contributed by atoms with Crippen molar-refractivity contribution in [3.8, 4) is 5.75 Å². The molecular formula is C15H23NO2. The summed E-state index contributed by atoms with van der Waals surface area (Å²) in [5, 5.41) is 3.35. The van der Waals surface area contributed by atoms with Gasteiger partial charge >= 0.3 is 0 Å². The van der Waals surface area contributed by atoms with E-state index in [0.29, 0.717) is 6.04 Å². The van der Waals surface area contributed by atoms with E-state index in [9.17, 15) is 0 Å². The van der Waals surface area contributed by atoms with Crippen molar-refractivity contribution in [1.29, 1.82) is 0 Å². The van der Waals surface area contributed by atoms with Crippen LogP contribution >= 0.6 is 0 Å². The molecule has 0 fully saturated rings. The molecule has 1 aromatic rings. The van der Waals surface area contributed by atoms with Gasteiger partial charge in [-0.05, 0) is 50.1 Å². The Morgan fingerprint density at radius 2 is 2.28 bits per heavy atom.